The third-order valence-electron chi connectivity index (χ3n) is 4.78. The van der Waals surface area contributed by atoms with Gasteiger partial charge in [0.1, 0.15) is 11.4 Å². The summed E-state index contributed by atoms with van der Waals surface area (Å²) in [6.07, 6.45) is 7.33. The number of amides is 1. The summed E-state index contributed by atoms with van der Waals surface area (Å²) in [7, 11) is 3.55. The van der Waals surface area contributed by atoms with Crippen molar-refractivity contribution in [3.8, 4) is 11.5 Å². The molecular formula is C19H27N5O3. The molecule has 3 rings (SSSR count). The topological polar surface area (TPSA) is 91.2 Å². The molecule has 1 aliphatic carbocycles. The Morgan fingerprint density at radius 1 is 1.26 bits per heavy atom. The summed E-state index contributed by atoms with van der Waals surface area (Å²) < 4.78 is 12.6. The lowest BCUT2D eigenvalue weighted by Crippen LogP contribution is -2.39. The van der Waals surface area contributed by atoms with Gasteiger partial charge in [0, 0.05) is 25.9 Å². The molecule has 2 aromatic heterocycles. The maximum Gasteiger partial charge on any atom is 0.270 e. The van der Waals surface area contributed by atoms with Crippen molar-refractivity contribution in [1.29, 1.82) is 0 Å². The van der Waals surface area contributed by atoms with Crippen LogP contribution in [0.15, 0.2) is 18.6 Å². The molecule has 0 atom stereocenters. The molecule has 1 aliphatic rings. The van der Waals surface area contributed by atoms with E-state index in [9.17, 15) is 4.79 Å². The van der Waals surface area contributed by atoms with E-state index in [-0.39, 0.29) is 18.1 Å². The number of carbonyl (C=O) groups excluding carboxylic acids is 1. The molecule has 8 heteroatoms. The van der Waals surface area contributed by atoms with E-state index < -0.39 is 0 Å². The second-order valence-electron chi connectivity index (χ2n) is 6.92. The highest BCUT2D eigenvalue weighted by atomic mass is 16.5. The summed E-state index contributed by atoms with van der Waals surface area (Å²) in [5.74, 6) is 0.350. The fourth-order valence-electron chi connectivity index (χ4n) is 3.30. The predicted octanol–water partition coefficient (Wildman–Crippen LogP) is 1.89. The third kappa shape index (κ3) is 5.11. The lowest BCUT2D eigenvalue weighted by Gasteiger charge is -2.29. The van der Waals surface area contributed by atoms with Crippen LogP contribution in [0.1, 0.15) is 41.9 Å². The second-order valence-corrected chi connectivity index (χ2v) is 6.92. The van der Waals surface area contributed by atoms with Gasteiger partial charge in [-0.2, -0.15) is 0 Å². The molecule has 0 spiro atoms. The maximum absolute atomic E-state index is 12.7. The van der Waals surface area contributed by atoms with Crippen molar-refractivity contribution in [3.05, 3.63) is 30.0 Å². The Bertz CT molecular complexity index is 768. The molecule has 0 saturated heterocycles. The highest BCUT2D eigenvalue weighted by Gasteiger charge is 2.24. The number of aryl methyl sites for hydroxylation is 2. The van der Waals surface area contributed by atoms with Gasteiger partial charge in [-0.25, -0.2) is 15.0 Å². The lowest BCUT2D eigenvalue weighted by molar-refractivity contribution is -0.00409. The average Bonchev–Trinajstić information content (AvgIpc) is 3.09. The molecule has 1 saturated carbocycles. The molecule has 1 fully saturated rings. The number of ether oxygens (including phenoxy) is 2. The highest BCUT2D eigenvalue weighted by molar-refractivity contribution is 5.92. The van der Waals surface area contributed by atoms with E-state index in [1.165, 1.54) is 0 Å². The van der Waals surface area contributed by atoms with Crippen LogP contribution in [0.2, 0.25) is 0 Å². The number of imidazole rings is 1. The average molecular weight is 373 g/mol. The van der Waals surface area contributed by atoms with Crippen LogP contribution in [0.25, 0.3) is 11.5 Å². The van der Waals surface area contributed by atoms with Crippen LogP contribution in [0.5, 0.6) is 0 Å². The number of hydrogen-bond donors (Lipinski definition) is 1. The number of hydrogen-bond acceptors (Lipinski definition) is 6. The molecule has 0 aliphatic heterocycles. The Hall–Kier alpha value is -2.32. The van der Waals surface area contributed by atoms with Crippen molar-refractivity contribution >= 4 is 5.91 Å². The molecule has 27 heavy (non-hydrogen) atoms. The first-order valence-electron chi connectivity index (χ1n) is 9.30. The van der Waals surface area contributed by atoms with E-state index in [0.29, 0.717) is 24.7 Å². The van der Waals surface area contributed by atoms with Gasteiger partial charge in [-0.3, -0.25) is 4.79 Å². The van der Waals surface area contributed by atoms with Gasteiger partial charge in [0.2, 0.25) is 0 Å². The van der Waals surface area contributed by atoms with E-state index in [2.05, 4.69) is 20.3 Å². The van der Waals surface area contributed by atoms with Crippen molar-refractivity contribution in [1.82, 2.24) is 24.8 Å². The maximum atomic E-state index is 12.7. The fourth-order valence-corrected chi connectivity index (χ4v) is 3.30. The van der Waals surface area contributed by atoms with Crippen LogP contribution in [0, 0.1) is 6.92 Å². The van der Waals surface area contributed by atoms with Gasteiger partial charge < -0.3 is 19.4 Å². The van der Waals surface area contributed by atoms with Crippen molar-refractivity contribution in [2.45, 2.75) is 44.8 Å². The molecule has 2 heterocycles. The summed E-state index contributed by atoms with van der Waals surface area (Å²) in [5, 5.41) is 3.11. The molecule has 0 aromatic carbocycles. The molecule has 0 bridgehead atoms. The molecule has 8 nitrogen and oxygen atoms in total. The quantitative estimate of drug-likeness (QED) is 0.745. The monoisotopic (exact) mass is 373 g/mol. The number of nitrogens with one attached hydrogen (secondary N) is 1. The van der Waals surface area contributed by atoms with E-state index in [0.717, 1.165) is 37.1 Å². The van der Waals surface area contributed by atoms with E-state index in [1.54, 1.807) is 25.7 Å². The third-order valence-corrected chi connectivity index (χ3v) is 4.78. The van der Waals surface area contributed by atoms with E-state index in [4.69, 9.17) is 9.47 Å². The van der Waals surface area contributed by atoms with E-state index >= 15 is 0 Å². The first kappa shape index (κ1) is 19.4. The summed E-state index contributed by atoms with van der Waals surface area (Å²) in [5.41, 5.74) is 1.92. The van der Waals surface area contributed by atoms with E-state index in [1.807, 2.05) is 18.5 Å². The SMILES string of the molecule is COCCO[C@H]1CC[C@H](NC(=O)c2cc(C)nc(-c3cncn3C)n2)CC1. The van der Waals surface area contributed by atoms with Crippen LogP contribution in [0.4, 0.5) is 0 Å². The van der Waals surface area contributed by atoms with Crippen LogP contribution >= 0.6 is 0 Å². The summed E-state index contributed by atoms with van der Waals surface area (Å²) >= 11 is 0. The zero-order chi connectivity index (χ0) is 19.2. The van der Waals surface area contributed by atoms with Crippen LogP contribution in [0.3, 0.4) is 0 Å². The lowest BCUT2D eigenvalue weighted by atomic mass is 9.93. The van der Waals surface area contributed by atoms with Crippen LogP contribution < -0.4 is 5.32 Å². The molecule has 1 amide bonds. The zero-order valence-corrected chi connectivity index (χ0v) is 16.1. The minimum absolute atomic E-state index is 0.148. The largest absolute Gasteiger partial charge is 0.382 e. The van der Waals surface area contributed by atoms with Crippen LogP contribution in [-0.4, -0.2) is 57.9 Å². The number of aromatic nitrogens is 4. The van der Waals surface area contributed by atoms with Gasteiger partial charge in [0.15, 0.2) is 5.82 Å². The van der Waals surface area contributed by atoms with Gasteiger partial charge >= 0.3 is 0 Å². The first-order chi connectivity index (χ1) is 13.1. The number of nitrogens with zero attached hydrogens (tertiary/aromatic N) is 4. The summed E-state index contributed by atoms with van der Waals surface area (Å²) in [6, 6.07) is 1.87. The van der Waals surface area contributed by atoms with Crippen LogP contribution in [-0.2, 0) is 16.5 Å². The molecular weight excluding hydrogens is 346 g/mol. The Labute approximate surface area is 159 Å². The van der Waals surface area contributed by atoms with Crippen molar-refractivity contribution in [2.24, 2.45) is 7.05 Å². The molecule has 146 valence electrons. The number of carbonyl (C=O) groups is 1. The molecule has 2 aromatic rings. The fraction of sp³-hybridized carbons (Fsp3) is 0.579. The van der Waals surface area contributed by atoms with Crippen molar-refractivity contribution in [3.63, 3.8) is 0 Å². The second kappa shape index (κ2) is 9.05. The Balaban J connectivity index is 1.59. The highest BCUT2D eigenvalue weighted by Crippen LogP contribution is 2.22. The van der Waals surface area contributed by atoms with Gasteiger partial charge in [-0.15, -0.1) is 0 Å². The minimum Gasteiger partial charge on any atom is -0.382 e. The Morgan fingerprint density at radius 2 is 2.04 bits per heavy atom. The molecule has 1 N–H and O–H groups in total. The Morgan fingerprint density at radius 3 is 2.70 bits per heavy atom. The van der Waals surface area contributed by atoms with Crippen molar-refractivity contribution < 1.29 is 14.3 Å². The van der Waals surface area contributed by atoms with Gasteiger partial charge in [0.05, 0.1) is 31.8 Å². The number of methoxy groups -OCH3 is 1. The minimum atomic E-state index is -0.160. The number of rotatable bonds is 7. The summed E-state index contributed by atoms with van der Waals surface area (Å²) in [6.45, 7) is 3.10. The van der Waals surface area contributed by atoms with Gasteiger partial charge in [-0.05, 0) is 38.7 Å². The molecule has 0 unspecified atom stereocenters. The van der Waals surface area contributed by atoms with Crippen molar-refractivity contribution in [2.75, 3.05) is 20.3 Å². The Kier molecular flexibility index (Phi) is 6.52. The summed E-state index contributed by atoms with van der Waals surface area (Å²) in [4.78, 5) is 25.7. The smallest absolute Gasteiger partial charge is 0.270 e. The van der Waals surface area contributed by atoms with Gasteiger partial charge in [-0.1, -0.05) is 0 Å². The first-order valence-corrected chi connectivity index (χ1v) is 9.30. The standard InChI is InChI=1S/C19H27N5O3/c1-13-10-16(23-18(21-13)17-11-20-12-24(17)2)19(25)22-14-4-6-15(7-5-14)27-9-8-26-3/h10-12,14-15H,4-9H2,1-3H3,(H,22,25)/t14-,15-. The van der Waals surface area contributed by atoms with Gasteiger partial charge in [0.25, 0.3) is 5.91 Å². The zero-order valence-electron chi connectivity index (χ0n) is 16.1. The predicted molar refractivity (Wildman–Crippen MR) is 100 cm³/mol. The normalized spacial score (nSPS) is 19.8. The molecule has 0 radical (unpaired) electrons.